The van der Waals surface area contributed by atoms with Gasteiger partial charge < -0.3 is 15.2 Å². The maximum Gasteiger partial charge on any atom is 0.269 e. The van der Waals surface area contributed by atoms with Crippen LogP contribution in [0.4, 0.5) is 10.8 Å². The van der Waals surface area contributed by atoms with Gasteiger partial charge in [0.1, 0.15) is 9.71 Å². The summed E-state index contributed by atoms with van der Waals surface area (Å²) in [6.45, 7) is 2.04. The number of pyridine rings is 1. The van der Waals surface area contributed by atoms with Crippen molar-refractivity contribution in [1.82, 2.24) is 9.97 Å². The summed E-state index contributed by atoms with van der Waals surface area (Å²) in [5, 5.41) is 6.04. The smallest absolute Gasteiger partial charge is 0.269 e. The lowest BCUT2D eigenvalue weighted by atomic mass is 9.98. The van der Waals surface area contributed by atoms with Crippen LogP contribution in [0, 0.1) is 6.92 Å². The van der Waals surface area contributed by atoms with Crippen molar-refractivity contribution in [2.45, 2.75) is 6.92 Å². The minimum Gasteiger partial charge on any atom is -0.493 e. The van der Waals surface area contributed by atoms with Crippen molar-refractivity contribution in [3.63, 3.8) is 0 Å². The van der Waals surface area contributed by atoms with E-state index in [1.807, 2.05) is 91.2 Å². The van der Waals surface area contributed by atoms with E-state index in [-0.39, 0.29) is 5.91 Å². The first-order chi connectivity index (χ1) is 20.0. The van der Waals surface area contributed by atoms with E-state index in [4.69, 9.17) is 20.2 Å². The number of aryl methyl sites for hydroxylation is 1. The fourth-order valence-corrected chi connectivity index (χ4v) is 6.43. The van der Waals surface area contributed by atoms with Gasteiger partial charge in [0, 0.05) is 33.0 Å². The fraction of sp³-hybridized carbons (Fsp3) is 0.0938. The van der Waals surface area contributed by atoms with E-state index in [0.717, 1.165) is 33.6 Å². The number of rotatable bonds is 7. The molecule has 41 heavy (non-hydrogen) atoms. The number of hydrogen-bond acceptors (Lipinski definition) is 8. The predicted molar refractivity (Wildman–Crippen MR) is 168 cm³/mol. The van der Waals surface area contributed by atoms with E-state index in [1.54, 1.807) is 14.2 Å². The molecule has 1 amide bonds. The molecule has 0 fully saturated rings. The van der Waals surface area contributed by atoms with Gasteiger partial charge >= 0.3 is 0 Å². The highest BCUT2D eigenvalue weighted by Gasteiger charge is 2.24. The molecule has 204 valence electrons. The molecule has 6 rings (SSSR count). The first-order valence-electron chi connectivity index (χ1n) is 12.8. The van der Waals surface area contributed by atoms with Crippen molar-refractivity contribution < 1.29 is 14.3 Å². The Morgan fingerprint density at radius 2 is 1.61 bits per heavy atom. The number of methoxy groups -OCH3 is 2. The van der Waals surface area contributed by atoms with Crippen molar-refractivity contribution in [2.24, 2.45) is 0 Å². The molecule has 0 radical (unpaired) electrons. The summed E-state index contributed by atoms with van der Waals surface area (Å²) in [6.07, 6.45) is 0. The molecule has 0 aliphatic carbocycles. The van der Waals surface area contributed by atoms with Crippen LogP contribution in [-0.4, -0.2) is 30.1 Å². The number of aromatic nitrogens is 2. The van der Waals surface area contributed by atoms with Crippen LogP contribution >= 0.6 is 22.7 Å². The number of carbonyl (C=O) groups is 1. The highest BCUT2D eigenvalue weighted by Crippen LogP contribution is 2.46. The van der Waals surface area contributed by atoms with Crippen LogP contribution in [0.15, 0.2) is 84.2 Å². The van der Waals surface area contributed by atoms with Gasteiger partial charge in [-0.05, 0) is 19.1 Å². The fourth-order valence-electron chi connectivity index (χ4n) is 4.70. The summed E-state index contributed by atoms with van der Waals surface area (Å²) in [5.74, 6) is 0.834. The number of ether oxygens (including phenoxy) is 2. The number of thiophene rings is 1. The number of benzene rings is 3. The molecule has 3 heterocycles. The van der Waals surface area contributed by atoms with Crippen molar-refractivity contribution in [1.29, 1.82) is 0 Å². The lowest BCUT2D eigenvalue weighted by Gasteiger charge is -2.15. The second-order valence-electron chi connectivity index (χ2n) is 9.35. The van der Waals surface area contributed by atoms with E-state index >= 15 is 0 Å². The van der Waals surface area contributed by atoms with E-state index < -0.39 is 0 Å². The molecule has 7 nitrogen and oxygen atoms in total. The van der Waals surface area contributed by atoms with Gasteiger partial charge in [-0.2, -0.15) is 0 Å². The van der Waals surface area contributed by atoms with Gasteiger partial charge in [0.15, 0.2) is 16.6 Å². The molecule has 0 aliphatic heterocycles. The summed E-state index contributed by atoms with van der Waals surface area (Å²) < 4.78 is 11.3. The number of nitrogens with two attached hydrogens (primary N) is 1. The Morgan fingerprint density at radius 1 is 0.854 bits per heavy atom. The highest BCUT2D eigenvalue weighted by molar-refractivity contribution is 7.21. The van der Waals surface area contributed by atoms with Gasteiger partial charge in [-0.3, -0.25) is 10.1 Å². The number of hydrogen-bond donors (Lipinski definition) is 2. The number of para-hydroxylation sites is 1. The number of amides is 1. The Morgan fingerprint density at radius 3 is 2.34 bits per heavy atom. The number of fused-ring (bicyclic) bond motifs is 1. The molecule has 0 aliphatic rings. The monoisotopic (exact) mass is 578 g/mol. The molecule has 3 aromatic carbocycles. The maximum atomic E-state index is 13.5. The summed E-state index contributed by atoms with van der Waals surface area (Å²) in [4.78, 5) is 24.1. The molecule has 6 aromatic rings. The second-order valence-corrected chi connectivity index (χ2v) is 11.2. The Labute approximate surface area is 245 Å². The molecule has 0 saturated heterocycles. The Kier molecular flexibility index (Phi) is 7.13. The first-order valence-corrected chi connectivity index (χ1v) is 14.5. The lowest BCUT2D eigenvalue weighted by molar-refractivity contribution is 0.103. The van der Waals surface area contributed by atoms with E-state index in [2.05, 4.69) is 10.3 Å². The molecule has 3 aromatic heterocycles. The Balaban J connectivity index is 1.45. The average Bonchev–Trinajstić information content (AvgIpc) is 3.61. The molecule has 0 bridgehead atoms. The maximum absolute atomic E-state index is 13.5. The zero-order valence-electron chi connectivity index (χ0n) is 22.6. The van der Waals surface area contributed by atoms with Gasteiger partial charge in [0.25, 0.3) is 5.91 Å². The molecule has 0 saturated carbocycles. The Bertz CT molecular complexity index is 1880. The highest BCUT2D eigenvalue weighted by atomic mass is 32.1. The number of thiazole rings is 1. The van der Waals surface area contributed by atoms with Gasteiger partial charge in [0.2, 0.25) is 0 Å². The molecule has 0 unspecified atom stereocenters. The zero-order chi connectivity index (χ0) is 28.5. The molecule has 0 spiro atoms. The van der Waals surface area contributed by atoms with Crippen molar-refractivity contribution >= 4 is 49.6 Å². The van der Waals surface area contributed by atoms with Gasteiger partial charge in [0.05, 0.1) is 31.3 Å². The third-order valence-electron chi connectivity index (χ3n) is 6.74. The normalized spacial score (nSPS) is 11.0. The lowest BCUT2D eigenvalue weighted by Crippen LogP contribution is -2.11. The van der Waals surface area contributed by atoms with Crippen LogP contribution in [0.2, 0.25) is 0 Å². The van der Waals surface area contributed by atoms with Gasteiger partial charge in [-0.15, -0.1) is 22.7 Å². The number of nitrogen functional groups attached to an aromatic ring is 1. The predicted octanol–water partition coefficient (Wildman–Crippen LogP) is 7.91. The Hall–Kier alpha value is -4.73. The SMILES string of the molecule is COc1cccc(-c2cc(-c3ccccc3)nc3sc(C(=O)Nc4nc(-c5ccc(C)cc5)cs4)c(N)c23)c1OC. The molecule has 0 atom stereocenters. The first kappa shape index (κ1) is 26.5. The van der Waals surface area contributed by atoms with E-state index in [9.17, 15) is 4.79 Å². The van der Waals surface area contributed by atoms with E-state index in [0.29, 0.717) is 37.4 Å². The number of nitrogens with zero attached hydrogens (tertiary/aromatic N) is 2. The van der Waals surface area contributed by atoms with Crippen molar-refractivity contribution in [2.75, 3.05) is 25.3 Å². The third-order valence-corrected chi connectivity index (χ3v) is 8.60. The van der Waals surface area contributed by atoms with Gasteiger partial charge in [-0.25, -0.2) is 9.97 Å². The summed E-state index contributed by atoms with van der Waals surface area (Å²) in [7, 11) is 3.20. The van der Waals surface area contributed by atoms with Gasteiger partial charge in [-0.1, -0.05) is 72.3 Å². The van der Waals surface area contributed by atoms with Crippen molar-refractivity contribution in [3.05, 3.63) is 94.7 Å². The molecular formula is C32H26N4O3S2. The summed E-state index contributed by atoms with van der Waals surface area (Å²) in [5.41, 5.74) is 13.3. The number of anilines is 2. The zero-order valence-corrected chi connectivity index (χ0v) is 24.2. The van der Waals surface area contributed by atoms with Crippen LogP contribution in [0.1, 0.15) is 15.2 Å². The number of nitrogens with one attached hydrogen (secondary N) is 1. The molecule has 9 heteroatoms. The molecule has 3 N–H and O–H groups in total. The quantitative estimate of drug-likeness (QED) is 0.200. The second kappa shape index (κ2) is 11.0. The van der Waals surface area contributed by atoms with Crippen LogP contribution in [0.3, 0.4) is 0 Å². The van der Waals surface area contributed by atoms with Crippen LogP contribution in [0.5, 0.6) is 11.5 Å². The van der Waals surface area contributed by atoms with Crippen molar-refractivity contribution in [3.8, 4) is 45.1 Å². The third kappa shape index (κ3) is 5.01. The average molecular weight is 579 g/mol. The molecular weight excluding hydrogens is 553 g/mol. The standard InChI is InChI=1S/C32H26N4O3S2/c1-18-12-14-20(15-13-18)24-17-40-32(35-24)36-30(37)29-27(33)26-22(21-10-7-11-25(38-2)28(21)39-3)16-23(34-31(26)41-29)19-8-5-4-6-9-19/h4-17H,33H2,1-3H3,(H,35,36,37). The summed E-state index contributed by atoms with van der Waals surface area (Å²) in [6, 6.07) is 25.7. The minimum atomic E-state index is -0.333. The van der Waals surface area contributed by atoms with Crippen LogP contribution in [0.25, 0.3) is 43.9 Å². The van der Waals surface area contributed by atoms with Crippen LogP contribution in [-0.2, 0) is 0 Å². The summed E-state index contributed by atoms with van der Waals surface area (Å²) >= 11 is 2.62. The van der Waals surface area contributed by atoms with Crippen LogP contribution < -0.4 is 20.5 Å². The largest absolute Gasteiger partial charge is 0.493 e. The topological polar surface area (TPSA) is 99.4 Å². The van der Waals surface area contributed by atoms with E-state index in [1.165, 1.54) is 28.2 Å². The minimum absolute atomic E-state index is 0.333. The number of carbonyl (C=O) groups excluding carboxylic acids is 1.